The largest absolute Gasteiger partial charge is 0.341 e. The van der Waals surface area contributed by atoms with Gasteiger partial charge in [-0.3, -0.25) is 4.79 Å². The van der Waals surface area contributed by atoms with E-state index >= 15 is 0 Å². The van der Waals surface area contributed by atoms with Crippen molar-refractivity contribution in [2.45, 2.75) is 33.1 Å². The highest BCUT2D eigenvalue weighted by Crippen LogP contribution is 2.24. The summed E-state index contributed by atoms with van der Waals surface area (Å²) in [6.07, 6.45) is 3.12. The Morgan fingerprint density at radius 1 is 1.54 bits per heavy atom. The van der Waals surface area contributed by atoms with E-state index in [0.717, 1.165) is 24.8 Å². The van der Waals surface area contributed by atoms with Gasteiger partial charge in [0.25, 0.3) is 0 Å². The normalized spacial score (nSPS) is 15.2. The summed E-state index contributed by atoms with van der Waals surface area (Å²) in [7, 11) is 0. The standard InChI is InChI=1S/C11H15NO/c1-3-4-8-12-11(13)10-7-5-6-9(10)2/h5-8H2,1-2H3,(H,12,13). The summed E-state index contributed by atoms with van der Waals surface area (Å²) in [6.45, 7) is 4.27. The van der Waals surface area contributed by atoms with Crippen molar-refractivity contribution in [3.8, 4) is 11.8 Å². The molecule has 1 aliphatic rings. The van der Waals surface area contributed by atoms with E-state index in [9.17, 15) is 4.79 Å². The van der Waals surface area contributed by atoms with Gasteiger partial charge >= 0.3 is 0 Å². The lowest BCUT2D eigenvalue weighted by Crippen LogP contribution is -2.25. The molecule has 0 bridgehead atoms. The zero-order chi connectivity index (χ0) is 9.68. The minimum Gasteiger partial charge on any atom is -0.341 e. The predicted octanol–water partition coefficient (Wildman–Crippen LogP) is 1.63. The fraction of sp³-hybridized carbons (Fsp3) is 0.545. The summed E-state index contributed by atoms with van der Waals surface area (Å²) >= 11 is 0. The lowest BCUT2D eigenvalue weighted by atomic mass is 10.1. The Hall–Kier alpha value is -1.23. The molecule has 1 rings (SSSR count). The number of hydrogen-bond donors (Lipinski definition) is 1. The second-order valence-corrected chi connectivity index (χ2v) is 3.22. The summed E-state index contributed by atoms with van der Waals surface area (Å²) in [5.41, 5.74) is 2.21. The van der Waals surface area contributed by atoms with Crippen LogP contribution in [0.5, 0.6) is 0 Å². The zero-order valence-corrected chi connectivity index (χ0v) is 8.24. The van der Waals surface area contributed by atoms with Gasteiger partial charge in [-0.1, -0.05) is 11.5 Å². The molecule has 1 amide bonds. The van der Waals surface area contributed by atoms with Crippen LogP contribution in [0.25, 0.3) is 0 Å². The molecule has 13 heavy (non-hydrogen) atoms. The molecule has 0 saturated heterocycles. The van der Waals surface area contributed by atoms with Crippen LogP contribution in [-0.2, 0) is 4.79 Å². The highest BCUT2D eigenvalue weighted by molar-refractivity contribution is 5.94. The Morgan fingerprint density at radius 3 is 2.85 bits per heavy atom. The summed E-state index contributed by atoms with van der Waals surface area (Å²) in [5.74, 6) is 5.62. The van der Waals surface area contributed by atoms with E-state index in [-0.39, 0.29) is 5.91 Å². The monoisotopic (exact) mass is 177 g/mol. The molecule has 0 unspecified atom stereocenters. The highest BCUT2D eigenvalue weighted by Gasteiger charge is 2.16. The second-order valence-electron chi connectivity index (χ2n) is 3.22. The first-order chi connectivity index (χ1) is 6.25. The van der Waals surface area contributed by atoms with Gasteiger partial charge in [-0.05, 0) is 33.1 Å². The molecule has 0 aliphatic heterocycles. The molecule has 0 aromatic heterocycles. The quantitative estimate of drug-likeness (QED) is 0.638. The van der Waals surface area contributed by atoms with Crippen molar-refractivity contribution in [3.05, 3.63) is 11.1 Å². The fourth-order valence-electron chi connectivity index (χ4n) is 1.52. The van der Waals surface area contributed by atoms with E-state index in [1.54, 1.807) is 6.92 Å². The Morgan fingerprint density at radius 2 is 2.31 bits per heavy atom. The molecular formula is C11H15NO. The molecule has 2 heteroatoms. The Bertz CT molecular complexity index is 291. The van der Waals surface area contributed by atoms with Gasteiger partial charge in [0, 0.05) is 5.57 Å². The van der Waals surface area contributed by atoms with Gasteiger partial charge in [-0.15, -0.1) is 5.92 Å². The molecule has 2 nitrogen and oxygen atoms in total. The maximum Gasteiger partial charge on any atom is 0.247 e. The molecule has 0 saturated carbocycles. The van der Waals surface area contributed by atoms with Crippen LogP contribution in [0, 0.1) is 11.8 Å². The number of carbonyl (C=O) groups excluding carboxylic acids is 1. The predicted molar refractivity (Wildman–Crippen MR) is 53.0 cm³/mol. The molecule has 0 spiro atoms. The summed E-state index contributed by atoms with van der Waals surface area (Å²) in [4.78, 5) is 11.5. The highest BCUT2D eigenvalue weighted by atomic mass is 16.1. The molecule has 1 aliphatic carbocycles. The molecular weight excluding hydrogens is 162 g/mol. The van der Waals surface area contributed by atoms with Gasteiger partial charge in [-0.25, -0.2) is 0 Å². The van der Waals surface area contributed by atoms with Crippen molar-refractivity contribution in [1.82, 2.24) is 5.32 Å². The molecule has 0 fully saturated rings. The van der Waals surface area contributed by atoms with Crippen LogP contribution in [-0.4, -0.2) is 12.5 Å². The third-order valence-corrected chi connectivity index (χ3v) is 2.28. The first kappa shape index (κ1) is 9.85. The van der Waals surface area contributed by atoms with Crippen LogP contribution >= 0.6 is 0 Å². The molecule has 0 atom stereocenters. The number of nitrogens with one attached hydrogen (secondary N) is 1. The zero-order valence-electron chi connectivity index (χ0n) is 8.24. The van der Waals surface area contributed by atoms with E-state index in [2.05, 4.69) is 17.2 Å². The van der Waals surface area contributed by atoms with Gasteiger partial charge in [0.15, 0.2) is 0 Å². The van der Waals surface area contributed by atoms with Crippen molar-refractivity contribution in [1.29, 1.82) is 0 Å². The molecule has 0 heterocycles. The lowest BCUT2D eigenvalue weighted by molar-refractivity contribution is -0.117. The molecule has 0 aromatic rings. The SMILES string of the molecule is CC#CCNC(=O)C1=C(C)CCC1. The summed E-state index contributed by atoms with van der Waals surface area (Å²) in [5, 5.41) is 2.79. The van der Waals surface area contributed by atoms with E-state index in [1.807, 2.05) is 6.92 Å². The van der Waals surface area contributed by atoms with Gasteiger partial charge in [-0.2, -0.15) is 0 Å². The molecule has 0 aromatic carbocycles. The van der Waals surface area contributed by atoms with Crippen molar-refractivity contribution in [2.24, 2.45) is 0 Å². The fourth-order valence-corrected chi connectivity index (χ4v) is 1.52. The van der Waals surface area contributed by atoms with Crippen LogP contribution in [0.3, 0.4) is 0 Å². The van der Waals surface area contributed by atoms with Crippen molar-refractivity contribution in [2.75, 3.05) is 6.54 Å². The number of amides is 1. The van der Waals surface area contributed by atoms with Crippen LogP contribution < -0.4 is 5.32 Å². The van der Waals surface area contributed by atoms with Crippen molar-refractivity contribution >= 4 is 5.91 Å². The third-order valence-electron chi connectivity index (χ3n) is 2.28. The van der Waals surface area contributed by atoms with Gasteiger partial charge in [0.2, 0.25) is 5.91 Å². The molecule has 1 N–H and O–H groups in total. The third kappa shape index (κ3) is 2.62. The Labute approximate surface area is 79.4 Å². The van der Waals surface area contributed by atoms with Crippen LogP contribution in [0.15, 0.2) is 11.1 Å². The van der Waals surface area contributed by atoms with Crippen LogP contribution in [0.2, 0.25) is 0 Å². The first-order valence-corrected chi connectivity index (χ1v) is 4.62. The summed E-state index contributed by atoms with van der Waals surface area (Å²) in [6, 6.07) is 0. The minimum absolute atomic E-state index is 0.0674. The van der Waals surface area contributed by atoms with Crippen molar-refractivity contribution < 1.29 is 4.79 Å². The number of hydrogen-bond acceptors (Lipinski definition) is 1. The lowest BCUT2D eigenvalue weighted by Gasteiger charge is -2.02. The number of carbonyl (C=O) groups is 1. The van der Waals surface area contributed by atoms with E-state index in [4.69, 9.17) is 0 Å². The van der Waals surface area contributed by atoms with Crippen molar-refractivity contribution in [3.63, 3.8) is 0 Å². The number of allylic oxidation sites excluding steroid dienone is 1. The molecule has 0 radical (unpaired) electrons. The van der Waals surface area contributed by atoms with E-state index in [1.165, 1.54) is 5.57 Å². The maximum atomic E-state index is 11.5. The first-order valence-electron chi connectivity index (χ1n) is 4.62. The smallest absolute Gasteiger partial charge is 0.247 e. The Kier molecular flexibility index (Phi) is 3.57. The topological polar surface area (TPSA) is 29.1 Å². The Balaban J connectivity index is 2.46. The van der Waals surface area contributed by atoms with Crippen LogP contribution in [0.4, 0.5) is 0 Å². The molecule has 70 valence electrons. The number of rotatable bonds is 2. The van der Waals surface area contributed by atoms with Crippen LogP contribution in [0.1, 0.15) is 33.1 Å². The van der Waals surface area contributed by atoms with Gasteiger partial charge < -0.3 is 5.32 Å². The summed E-state index contributed by atoms with van der Waals surface area (Å²) < 4.78 is 0. The maximum absolute atomic E-state index is 11.5. The van der Waals surface area contributed by atoms with E-state index < -0.39 is 0 Å². The van der Waals surface area contributed by atoms with Gasteiger partial charge in [0.1, 0.15) is 0 Å². The second kappa shape index (κ2) is 4.71. The minimum atomic E-state index is 0.0674. The van der Waals surface area contributed by atoms with Gasteiger partial charge in [0.05, 0.1) is 6.54 Å². The average molecular weight is 177 g/mol. The average Bonchev–Trinajstić information content (AvgIpc) is 2.52. The van der Waals surface area contributed by atoms with E-state index in [0.29, 0.717) is 6.54 Å².